The fourth-order valence-corrected chi connectivity index (χ4v) is 2.00. The van der Waals surface area contributed by atoms with E-state index in [0.29, 0.717) is 12.0 Å². The Morgan fingerprint density at radius 1 is 1.33 bits per heavy atom. The molecule has 0 amide bonds. The van der Waals surface area contributed by atoms with Crippen LogP contribution >= 0.6 is 0 Å². The van der Waals surface area contributed by atoms with Crippen LogP contribution in [-0.2, 0) is 6.42 Å². The number of nitrogens with one attached hydrogen (secondary N) is 1. The van der Waals surface area contributed by atoms with Crippen molar-refractivity contribution in [2.24, 2.45) is 0 Å². The number of anilines is 1. The van der Waals surface area contributed by atoms with Crippen molar-refractivity contribution in [3.63, 3.8) is 0 Å². The largest absolute Gasteiger partial charge is 0.369 e. The van der Waals surface area contributed by atoms with E-state index in [1.165, 1.54) is 0 Å². The van der Waals surface area contributed by atoms with Crippen LogP contribution in [-0.4, -0.2) is 9.97 Å². The van der Waals surface area contributed by atoms with Crippen LogP contribution in [0.15, 0.2) is 29.1 Å². The Bertz CT molecular complexity index is 601. The average Bonchev–Trinajstić information content (AvgIpc) is 2.57. The van der Waals surface area contributed by atoms with Gasteiger partial charge in [0.2, 0.25) is 5.95 Å². The summed E-state index contributed by atoms with van der Waals surface area (Å²) in [7, 11) is 0. The first-order valence-corrected chi connectivity index (χ1v) is 4.72. The molecule has 0 unspecified atom stereocenters. The normalized spacial score (nSPS) is 12.3. The first-order chi connectivity index (χ1) is 7.25. The maximum atomic E-state index is 11.6. The van der Waals surface area contributed by atoms with Crippen molar-refractivity contribution in [3.05, 3.63) is 45.7 Å². The maximum absolute atomic E-state index is 11.6. The number of rotatable bonds is 0. The standard InChI is InChI=1S/C11H9N3O/c12-11-13-9-7-4-2-1-3-6(7)5-8(9)10(15)14-11/h1-4H,5H2,(H3,12,13,14,15). The van der Waals surface area contributed by atoms with E-state index in [4.69, 9.17) is 5.73 Å². The van der Waals surface area contributed by atoms with E-state index in [0.717, 1.165) is 16.8 Å². The molecule has 0 fully saturated rings. The SMILES string of the molecule is Nc1nc2c(c(=O)[nH]1)Cc1ccccc1-2. The number of aromatic amines is 1. The van der Waals surface area contributed by atoms with Crippen LogP contribution in [0.2, 0.25) is 0 Å². The van der Waals surface area contributed by atoms with Gasteiger partial charge in [0.25, 0.3) is 5.56 Å². The molecule has 15 heavy (non-hydrogen) atoms. The average molecular weight is 199 g/mol. The fraction of sp³-hybridized carbons (Fsp3) is 0.0909. The third-order valence-electron chi connectivity index (χ3n) is 2.67. The van der Waals surface area contributed by atoms with E-state index in [-0.39, 0.29) is 11.5 Å². The minimum atomic E-state index is -0.131. The van der Waals surface area contributed by atoms with Crippen molar-refractivity contribution in [2.45, 2.75) is 6.42 Å². The van der Waals surface area contributed by atoms with Gasteiger partial charge < -0.3 is 5.73 Å². The molecule has 74 valence electrons. The summed E-state index contributed by atoms with van der Waals surface area (Å²) in [6.07, 6.45) is 0.647. The fourth-order valence-electron chi connectivity index (χ4n) is 2.00. The van der Waals surface area contributed by atoms with E-state index >= 15 is 0 Å². The zero-order valence-electron chi connectivity index (χ0n) is 7.95. The van der Waals surface area contributed by atoms with Gasteiger partial charge in [-0.1, -0.05) is 24.3 Å². The molecular formula is C11H9N3O. The third kappa shape index (κ3) is 1.08. The first-order valence-electron chi connectivity index (χ1n) is 4.72. The highest BCUT2D eigenvalue weighted by Gasteiger charge is 2.22. The van der Waals surface area contributed by atoms with E-state index in [1.54, 1.807) is 0 Å². The van der Waals surface area contributed by atoms with E-state index in [1.807, 2.05) is 24.3 Å². The topological polar surface area (TPSA) is 71.8 Å². The van der Waals surface area contributed by atoms with E-state index in [2.05, 4.69) is 9.97 Å². The summed E-state index contributed by atoms with van der Waals surface area (Å²) >= 11 is 0. The van der Waals surface area contributed by atoms with E-state index in [9.17, 15) is 4.79 Å². The zero-order valence-corrected chi connectivity index (χ0v) is 7.95. The molecule has 4 heteroatoms. The monoisotopic (exact) mass is 199 g/mol. The number of benzene rings is 1. The lowest BCUT2D eigenvalue weighted by Crippen LogP contribution is -2.15. The molecule has 0 spiro atoms. The molecule has 0 bridgehead atoms. The molecule has 1 aliphatic carbocycles. The lowest BCUT2D eigenvalue weighted by molar-refractivity contribution is 1.08. The number of fused-ring (bicyclic) bond motifs is 3. The molecular weight excluding hydrogens is 190 g/mol. The number of nitrogens with zero attached hydrogens (tertiary/aromatic N) is 1. The van der Waals surface area contributed by atoms with Gasteiger partial charge in [0.15, 0.2) is 0 Å². The zero-order chi connectivity index (χ0) is 10.4. The molecule has 1 aromatic heterocycles. The molecule has 3 rings (SSSR count). The number of nitrogens with two attached hydrogens (primary N) is 1. The van der Waals surface area contributed by atoms with Gasteiger partial charge in [0.05, 0.1) is 5.69 Å². The summed E-state index contributed by atoms with van der Waals surface area (Å²) < 4.78 is 0. The van der Waals surface area contributed by atoms with Gasteiger partial charge in [-0.25, -0.2) is 4.98 Å². The number of hydrogen-bond acceptors (Lipinski definition) is 3. The Kier molecular flexibility index (Phi) is 1.48. The highest BCUT2D eigenvalue weighted by atomic mass is 16.1. The second-order valence-corrected chi connectivity index (χ2v) is 3.61. The number of hydrogen-bond donors (Lipinski definition) is 2. The molecule has 0 radical (unpaired) electrons. The molecule has 1 aromatic carbocycles. The Labute approximate surface area is 85.8 Å². The second kappa shape index (κ2) is 2.70. The molecule has 2 aromatic rings. The Balaban J connectivity index is 2.38. The van der Waals surface area contributed by atoms with Crippen LogP contribution in [0.4, 0.5) is 5.95 Å². The van der Waals surface area contributed by atoms with Crippen molar-refractivity contribution in [2.75, 3.05) is 5.73 Å². The highest BCUT2D eigenvalue weighted by molar-refractivity contribution is 5.73. The van der Waals surface area contributed by atoms with Crippen LogP contribution in [0.3, 0.4) is 0 Å². The van der Waals surface area contributed by atoms with Gasteiger partial charge in [-0.2, -0.15) is 0 Å². The molecule has 3 N–H and O–H groups in total. The molecule has 4 nitrogen and oxygen atoms in total. The van der Waals surface area contributed by atoms with Crippen molar-refractivity contribution in [3.8, 4) is 11.3 Å². The van der Waals surface area contributed by atoms with Crippen molar-refractivity contribution in [1.29, 1.82) is 0 Å². The predicted molar refractivity (Wildman–Crippen MR) is 57.5 cm³/mol. The number of nitrogen functional groups attached to an aromatic ring is 1. The molecule has 1 aliphatic rings. The summed E-state index contributed by atoms with van der Waals surface area (Å²) in [5.41, 5.74) is 8.99. The quantitative estimate of drug-likeness (QED) is 0.565. The summed E-state index contributed by atoms with van der Waals surface area (Å²) in [6.45, 7) is 0. The first kappa shape index (κ1) is 8.23. The summed E-state index contributed by atoms with van der Waals surface area (Å²) in [4.78, 5) is 18.3. The number of aromatic nitrogens is 2. The second-order valence-electron chi connectivity index (χ2n) is 3.61. The minimum Gasteiger partial charge on any atom is -0.369 e. The maximum Gasteiger partial charge on any atom is 0.256 e. The van der Waals surface area contributed by atoms with Gasteiger partial charge in [0, 0.05) is 17.5 Å². The third-order valence-corrected chi connectivity index (χ3v) is 2.67. The van der Waals surface area contributed by atoms with Crippen molar-refractivity contribution >= 4 is 5.95 Å². The lowest BCUT2D eigenvalue weighted by atomic mass is 10.1. The minimum absolute atomic E-state index is 0.131. The van der Waals surface area contributed by atoms with Crippen LogP contribution < -0.4 is 11.3 Å². The van der Waals surface area contributed by atoms with Crippen LogP contribution in [0, 0.1) is 0 Å². The molecule has 0 aliphatic heterocycles. The van der Waals surface area contributed by atoms with Gasteiger partial charge in [-0.3, -0.25) is 9.78 Å². The van der Waals surface area contributed by atoms with Crippen molar-refractivity contribution in [1.82, 2.24) is 9.97 Å². The molecule has 0 saturated carbocycles. The molecule has 1 heterocycles. The molecule has 0 atom stereocenters. The Morgan fingerprint density at radius 2 is 2.13 bits per heavy atom. The summed E-state index contributed by atoms with van der Waals surface area (Å²) in [6, 6.07) is 7.87. The van der Waals surface area contributed by atoms with Crippen LogP contribution in [0.1, 0.15) is 11.1 Å². The van der Waals surface area contributed by atoms with Gasteiger partial charge in [-0.05, 0) is 5.56 Å². The van der Waals surface area contributed by atoms with E-state index < -0.39 is 0 Å². The highest BCUT2D eigenvalue weighted by Crippen LogP contribution is 2.32. The molecule has 0 saturated heterocycles. The lowest BCUT2D eigenvalue weighted by Gasteiger charge is -1.99. The van der Waals surface area contributed by atoms with Gasteiger partial charge in [0.1, 0.15) is 0 Å². The van der Waals surface area contributed by atoms with Crippen molar-refractivity contribution < 1.29 is 0 Å². The smallest absolute Gasteiger partial charge is 0.256 e. The summed E-state index contributed by atoms with van der Waals surface area (Å²) in [5.74, 6) is 0.176. The van der Waals surface area contributed by atoms with Gasteiger partial charge in [-0.15, -0.1) is 0 Å². The number of H-pyrrole nitrogens is 1. The Hall–Kier alpha value is -2.10. The predicted octanol–water partition coefficient (Wildman–Crippen LogP) is 0.923. The summed E-state index contributed by atoms with van der Waals surface area (Å²) in [5, 5.41) is 0. The van der Waals surface area contributed by atoms with Crippen LogP contribution in [0.5, 0.6) is 0 Å². The van der Waals surface area contributed by atoms with Crippen LogP contribution in [0.25, 0.3) is 11.3 Å². The van der Waals surface area contributed by atoms with Gasteiger partial charge >= 0.3 is 0 Å². The Morgan fingerprint density at radius 3 is 3.00 bits per heavy atom.